The summed E-state index contributed by atoms with van der Waals surface area (Å²) in [5.74, 6) is -2.02. The topological polar surface area (TPSA) is 26.3 Å². The van der Waals surface area contributed by atoms with Crippen LogP contribution in [-0.4, -0.2) is 26.9 Å². The van der Waals surface area contributed by atoms with E-state index in [1.165, 1.54) is 0 Å². The van der Waals surface area contributed by atoms with E-state index >= 15 is 0 Å². The molecule has 0 saturated heterocycles. The van der Waals surface area contributed by atoms with Gasteiger partial charge in [0.1, 0.15) is 5.75 Å². The van der Waals surface area contributed by atoms with Crippen LogP contribution in [0.4, 0.5) is 0 Å². The van der Waals surface area contributed by atoms with Crippen molar-refractivity contribution in [1.82, 2.24) is 0 Å². The molecule has 0 fully saturated rings. The largest absolute Gasteiger partial charge is 0.429 e. The van der Waals surface area contributed by atoms with Gasteiger partial charge in [-0.05, 0) is 45.6 Å². The molecule has 21 heavy (non-hydrogen) atoms. The lowest BCUT2D eigenvalue weighted by Gasteiger charge is -2.24. The molecular weight excluding hydrogens is 351 g/mol. The van der Waals surface area contributed by atoms with E-state index in [9.17, 15) is 4.57 Å². The van der Waals surface area contributed by atoms with Gasteiger partial charge in [0, 0.05) is 0 Å². The average molecular weight is 379 g/mol. The Morgan fingerprint density at radius 3 is 1.71 bits per heavy atom. The minimum absolute atomic E-state index is 0.715. The lowest BCUT2D eigenvalue weighted by atomic mass is 10.3. The number of rotatable bonds is 8. The standard InChI is InChI=1S/C14H27O2PS2Si2/c1-20(2,3)12-18-17(15,19-13-21(4,5)6)16-14-10-8-7-9-11-14/h7-11H,12-13H2,1-6H3. The summed E-state index contributed by atoms with van der Waals surface area (Å²) in [5.41, 5.74) is 0. The van der Waals surface area contributed by atoms with Crippen LogP contribution in [0.15, 0.2) is 30.3 Å². The van der Waals surface area contributed by atoms with E-state index < -0.39 is 21.9 Å². The predicted molar refractivity (Wildman–Crippen MR) is 106 cm³/mol. The average Bonchev–Trinajstić information content (AvgIpc) is 2.34. The molecule has 120 valence electrons. The van der Waals surface area contributed by atoms with Crippen LogP contribution in [0.25, 0.3) is 0 Å². The van der Waals surface area contributed by atoms with Crippen LogP contribution in [0.5, 0.6) is 5.75 Å². The molecule has 0 radical (unpaired) electrons. The second-order valence-corrected chi connectivity index (χ2v) is 26.8. The molecule has 0 N–H and O–H groups in total. The molecule has 0 aliphatic rings. The highest BCUT2D eigenvalue weighted by molar-refractivity contribution is 8.89. The molecule has 0 atom stereocenters. The molecule has 0 spiro atoms. The van der Waals surface area contributed by atoms with E-state index in [1.807, 2.05) is 30.3 Å². The summed E-state index contributed by atoms with van der Waals surface area (Å²) in [6.45, 7) is 13.8. The molecule has 7 heteroatoms. The predicted octanol–water partition coefficient (Wildman–Crippen LogP) is 6.39. The van der Waals surface area contributed by atoms with Crippen LogP contribution in [0.3, 0.4) is 0 Å². The Balaban J connectivity index is 2.80. The van der Waals surface area contributed by atoms with Gasteiger partial charge in [0.25, 0.3) is 0 Å². The van der Waals surface area contributed by atoms with Crippen LogP contribution in [0.1, 0.15) is 0 Å². The van der Waals surface area contributed by atoms with Crippen LogP contribution in [-0.2, 0) is 4.57 Å². The van der Waals surface area contributed by atoms with Crippen LogP contribution < -0.4 is 4.52 Å². The maximum Gasteiger partial charge on any atom is 0.359 e. The van der Waals surface area contributed by atoms with E-state index in [4.69, 9.17) is 4.52 Å². The van der Waals surface area contributed by atoms with Gasteiger partial charge in [-0.25, -0.2) is 0 Å². The van der Waals surface area contributed by atoms with Gasteiger partial charge in [-0.1, -0.05) is 57.5 Å². The Labute approximate surface area is 139 Å². The highest BCUT2D eigenvalue weighted by Crippen LogP contribution is 2.69. The van der Waals surface area contributed by atoms with Gasteiger partial charge >= 0.3 is 5.77 Å². The quantitative estimate of drug-likeness (QED) is 0.386. The molecular formula is C14H27O2PS2Si2. The van der Waals surface area contributed by atoms with Crippen molar-refractivity contribution in [2.75, 3.05) is 10.8 Å². The molecule has 0 heterocycles. The molecule has 0 amide bonds. The maximum absolute atomic E-state index is 13.2. The molecule has 1 aromatic rings. The molecule has 2 nitrogen and oxygen atoms in total. The Morgan fingerprint density at radius 2 is 1.33 bits per heavy atom. The van der Waals surface area contributed by atoms with Gasteiger partial charge in [0.2, 0.25) is 0 Å². The second-order valence-electron chi connectivity index (χ2n) is 7.52. The minimum atomic E-state index is -2.73. The Kier molecular flexibility index (Phi) is 7.19. The molecule has 1 rings (SSSR count). The van der Waals surface area contributed by atoms with Crippen molar-refractivity contribution in [3.63, 3.8) is 0 Å². The van der Waals surface area contributed by atoms with E-state index in [0.29, 0.717) is 5.75 Å². The number of hydrogen-bond acceptors (Lipinski definition) is 4. The minimum Gasteiger partial charge on any atom is -0.429 e. The normalized spacial score (nSPS) is 13.2. The second kappa shape index (κ2) is 7.78. The highest BCUT2D eigenvalue weighted by Gasteiger charge is 2.32. The lowest BCUT2D eigenvalue weighted by Crippen LogP contribution is -2.25. The maximum atomic E-state index is 13.2. The summed E-state index contributed by atoms with van der Waals surface area (Å²) in [6, 6.07) is 9.56. The Morgan fingerprint density at radius 1 is 0.905 bits per heavy atom. The first-order chi connectivity index (χ1) is 9.49. The summed E-state index contributed by atoms with van der Waals surface area (Å²) >= 11 is 3.09. The molecule has 0 unspecified atom stereocenters. The first-order valence-electron chi connectivity index (χ1n) is 7.13. The van der Waals surface area contributed by atoms with Crippen LogP contribution in [0.2, 0.25) is 39.3 Å². The van der Waals surface area contributed by atoms with Gasteiger partial charge in [0.05, 0.1) is 16.1 Å². The van der Waals surface area contributed by atoms with Crippen molar-refractivity contribution < 1.29 is 9.09 Å². The number of para-hydroxylation sites is 1. The van der Waals surface area contributed by atoms with Gasteiger partial charge in [0.15, 0.2) is 0 Å². The van der Waals surface area contributed by atoms with E-state index in [0.717, 1.165) is 10.8 Å². The van der Waals surface area contributed by atoms with Crippen molar-refractivity contribution >= 4 is 44.7 Å². The zero-order valence-electron chi connectivity index (χ0n) is 13.9. The van der Waals surface area contributed by atoms with Gasteiger partial charge in [-0.2, -0.15) is 0 Å². The Hall–Kier alpha value is 0.384. The summed E-state index contributed by atoms with van der Waals surface area (Å²) in [6.07, 6.45) is 0. The van der Waals surface area contributed by atoms with Gasteiger partial charge in [-0.3, -0.25) is 4.57 Å². The van der Waals surface area contributed by atoms with E-state index in [1.54, 1.807) is 22.8 Å². The summed E-state index contributed by atoms with van der Waals surface area (Å²) < 4.78 is 19.1. The van der Waals surface area contributed by atoms with Crippen LogP contribution in [0, 0.1) is 0 Å². The Bertz CT molecular complexity index is 462. The van der Waals surface area contributed by atoms with Crippen molar-refractivity contribution in [2.45, 2.75) is 39.3 Å². The molecule has 1 aromatic carbocycles. The zero-order valence-corrected chi connectivity index (χ0v) is 18.4. The zero-order chi connectivity index (χ0) is 16.1. The lowest BCUT2D eigenvalue weighted by molar-refractivity contribution is 0.515. The fourth-order valence-corrected chi connectivity index (χ4v) is 20.6. The highest BCUT2D eigenvalue weighted by atomic mass is 33.1. The third kappa shape index (κ3) is 9.19. The molecule has 0 aliphatic heterocycles. The molecule has 0 aromatic heterocycles. The first kappa shape index (κ1) is 19.4. The first-order valence-corrected chi connectivity index (χ1v) is 19.3. The number of benzene rings is 1. The molecule has 0 saturated carbocycles. The SMILES string of the molecule is C[Si](C)(C)CSP(=O)(Oc1ccccc1)SC[Si](C)(C)C. The van der Waals surface area contributed by atoms with Crippen molar-refractivity contribution in [3.8, 4) is 5.75 Å². The number of hydrogen-bond donors (Lipinski definition) is 0. The van der Waals surface area contributed by atoms with Crippen molar-refractivity contribution in [1.29, 1.82) is 0 Å². The van der Waals surface area contributed by atoms with E-state index in [-0.39, 0.29) is 0 Å². The fraction of sp³-hybridized carbons (Fsp3) is 0.571. The van der Waals surface area contributed by atoms with E-state index in [2.05, 4.69) is 39.3 Å². The smallest absolute Gasteiger partial charge is 0.359 e. The summed E-state index contributed by atoms with van der Waals surface area (Å²) in [5, 5.41) is 1.94. The van der Waals surface area contributed by atoms with Gasteiger partial charge < -0.3 is 4.52 Å². The third-order valence-electron chi connectivity index (χ3n) is 2.27. The summed E-state index contributed by atoms with van der Waals surface area (Å²) in [7, 11) is -2.50. The van der Waals surface area contributed by atoms with Crippen molar-refractivity contribution in [2.24, 2.45) is 0 Å². The fourth-order valence-electron chi connectivity index (χ4n) is 1.25. The summed E-state index contributed by atoms with van der Waals surface area (Å²) in [4.78, 5) is 0. The molecule has 0 bridgehead atoms. The monoisotopic (exact) mass is 378 g/mol. The molecule has 0 aliphatic carbocycles. The van der Waals surface area contributed by atoms with Crippen molar-refractivity contribution in [3.05, 3.63) is 30.3 Å². The third-order valence-corrected chi connectivity index (χ3v) is 17.9. The van der Waals surface area contributed by atoms with Gasteiger partial charge in [-0.15, -0.1) is 0 Å². The van der Waals surface area contributed by atoms with Crippen LogP contribution >= 0.6 is 28.5 Å².